The van der Waals surface area contributed by atoms with E-state index in [0.717, 1.165) is 37.7 Å². The number of aliphatic hydroxyl groups is 1. The summed E-state index contributed by atoms with van der Waals surface area (Å²) in [6.07, 6.45) is 3.62. The van der Waals surface area contributed by atoms with Gasteiger partial charge in [0, 0.05) is 0 Å². The van der Waals surface area contributed by atoms with Crippen LogP contribution < -0.4 is 0 Å². The van der Waals surface area contributed by atoms with E-state index >= 15 is 0 Å². The number of carbonyl (C=O) groups is 1. The Kier molecular flexibility index (Phi) is 7.40. The lowest BCUT2D eigenvalue weighted by atomic mass is 9.79. The molecule has 2 rings (SSSR count). The molecule has 1 aromatic rings. The van der Waals surface area contributed by atoms with E-state index in [4.69, 9.17) is 9.29 Å². The van der Waals surface area contributed by atoms with Crippen LogP contribution in [0.5, 0.6) is 0 Å². The van der Waals surface area contributed by atoms with Gasteiger partial charge in [-0.3, -0.25) is 9.35 Å². The molecular formula is C18H26O6S. The molecule has 0 bridgehead atoms. The Morgan fingerprint density at radius 2 is 1.80 bits per heavy atom. The summed E-state index contributed by atoms with van der Waals surface area (Å²) in [7, 11) is -4.20. The predicted octanol–water partition coefficient (Wildman–Crippen LogP) is 2.57. The molecule has 0 spiro atoms. The Labute approximate surface area is 149 Å². The second-order valence-corrected chi connectivity index (χ2v) is 8.24. The molecule has 2 N–H and O–H groups in total. The van der Waals surface area contributed by atoms with Crippen LogP contribution in [0.15, 0.2) is 30.3 Å². The number of rotatable bonds is 8. The molecule has 140 valence electrons. The van der Waals surface area contributed by atoms with Gasteiger partial charge < -0.3 is 9.84 Å². The van der Waals surface area contributed by atoms with Crippen molar-refractivity contribution >= 4 is 16.1 Å². The molecule has 0 aromatic heterocycles. The maximum absolute atomic E-state index is 12.5. The number of ether oxygens (including phenoxy) is 1. The van der Waals surface area contributed by atoms with Crippen LogP contribution in [0, 0.1) is 11.8 Å². The van der Waals surface area contributed by atoms with Crippen LogP contribution in [0.1, 0.15) is 44.1 Å². The van der Waals surface area contributed by atoms with E-state index in [2.05, 4.69) is 0 Å². The SMILES string of the molecule is O=C(OCc1ccccc1)C(CCS(=O)(=O)O)C(O)C1CCCCC1. The van der Waals surface area contributed by atoms with Gasteiger partial charge in [0.05, 0.1) is 17.8 Å². The fraction of sp³-hybridized carbons (Fsp3) is 0.611. The molecule has 25 heavy (non-hydrogen) atoms. The number of hydrogen-bond acceptors (Lipinski definition) is 5. The summed E-state index contributed by atoms with van der Waals surface area (Å²) in [5, 5.41) is 10.6. The van der Waals surface area contributed by atoms with Crippen molar-refractivity contribution < 1.29 is 27.6 Å². The number of benzene rings is 1. The maximum atomic E-state index is 12.5. The van der Waals surface area contributed by atoms with E-state index in [1.165, 1.54) is 0 Å². The standard InChI is InChI=1S/C18H26O6S/c19-17(15-9-5-2-6-10-15)16(11-12-25(21,22)23)18(20)24-13-14-7-3-1-4-8-14/h1,3-4,7-8,15-17,19H,2,5-6,9-13H2,(H,21,22,23). The molecule has 1 aliphatic carbocycles. The molecule has 0 saturated heterocycles. The summed E-state index contributed by atoms with van der Waals surface area (Å²) in [6, 6.07) is 9.15. The first-order chi connectivity index (χ1) is 11.9. The minimum atomic E-state index is -4.20. The van der Waals surface area contributed by atoms with E-state index in [1.807, 2.05) is 30.3 Å². The summed E-state index contributed by atoms with van der Waals surface area (Å²) in [5.74, 6) is -2.18. The number of esters is 1. The highest BCUT2D eigenvalue weighted by atomic mass is 32.2. The van der Waals surface area contributed by atoms with Gasteiger partial charge >= 0.3 is 5.97 Å². The van der Waals surface area contributed by atoms with Gasteiger partial charge in [0.15, 0.2) is 0 Å². The zero-order chi connectivity index (χ0) is 18.3. The molecule has 1 fully saturated rings. The number of hydrogen-bond donors (Lipinski definition) is 2. The van der Waals surface area contributed by atoms with Crippen molar-refractivity contribution in [2.24, 2.45) is 11.8 Å². The van der Waals surface area contributed by atoms with E-state index in [9.17, 15) is 18.3 Å². The topological polar surface area (TPSA) is 101 Å². The lowest BCUT2D eigenvalue weighted by Crippen LogP contribution is -2.37. The monoisotopic (exact) mass is 370 g/mol. The van der Waals surface area contributed by atoms with Gasteiger partial charge in [-0.25, -0.2) is 0 Å². The Morgan fingerprint density at radius 1 is 1.16 bits per heavy atom. The maximum Gasteiger partial charge on any atom is 0.311 e. The lowest BCUT2D eigenvalue weighted by Gasteiger charge is -2.31. The van der Waals surface area contributed by atoms with Crippen LogP contribution in [-0.2, 0) is 26.3 Å². The van der Waals surface area contributed by atoms with Crippen molar-refractivity contribution in [3.05, 3.63) is 35.9 Å². The van der Waals surface area contributed by atoms with Crippen LogP contribution in [0.3, 0.4) is 0 Å². The van der Waals surface area contributed by atoms with E-state index in [1.54, 1.807) is 0 Å². The third kappa shape index (κ3) is 6.76. The molecule has 0 aliphatic heterocycles. The molecule has 0 radical (unpaired) electrons. The summed E-state index contributed by atoms with van der Waals surface area (Å²) >= 11 is 0. The highest BCUT2D eigenvalue weighted by molar-refractivity contribution is 7.85. The Hall–Kier alpha value is -1.44. The molecule has 1 aromatic carbocycles. The molecule has 7 heteroatoms. The average Bonchev–Trinajstić information content (AvgIpc) is 2.60. The Bertz CT molecular complexity index is 637. The highest BCUT2D eigenvalue weighted by Gasteiger charge is 2.35. The van der Waals surface area contributed by atoms with Crippen molar-refractivity contribution in [1.82, 2.24) is 0 Å². The molecule has 1 saturated carbocycles. The third-order valence-electron chi connectivity index (χ3n) is 4.76. The van der Waals surface area contributed by atoms with Gasteiger partial charge in [0.2, 0.25) is 0 Å². The largest absolute Gasteiger partial charge is 0.461 e. The van der Waals surface area contributed by atoms with Gasteiger partial charge in [-0.2, -0.15) is 8.42 Å². The molecule has 2 unspecified atom stereocenters. The third-order valence-corrected chi connectivity index (χ3v) is 5.51. The van der Waals surface area contributed by atoms with E-state index in [0.29, 0.717) is 0 Å². The second-order valence-electron chi connectivity index (χ2n) is 6.66. The smallest absolute Gasteiger partial charge is 0.311 e. The quantitative estimate of drug-likeness (QED) is 0.539. The minimum Gasteiger partial charge on any atom is -0.461 e. The number of aliphatic hydroxyl groups excluding tert-OH is 1. The van der Waals surface area contributed by atoms with E-state index < -0.39 is 33.9 Å². The first-order valence-corrected chi connectivity index (χ1v) is 10.3. The fourth-order valence-electron chi connectivity index (χ4n) is 3.34. The molecule has 2 atom stereocenters. The first kappa shape index (κ1) is 19.9. The molecular weight excluding hydrogens is 344 g/mol. The van der Waals surface area contributed by atoms with Gasteiger partial charge in [-0.05, 0) is 30.7 Å². The predicted molar refractivity (Wildman–Crippen MR) is 93.3 cm³/mol. The van der Waals surface area contributed by atoms with Gasteiger partial charge in [-0.15, -0.1) is 0 Å². The minimum absolute atomic E-state index is 0.0376. The summed E-state index contributed by atoms with van der Waals surface area (Å²) in [6.45, 7) is 0.0689. The van der Waals surface area contributed by atoms with Crippen molar-refractivity contribution in [1.29, 1.82) is 0 Å². The van der Waals surface area contributed by atoms with E-state index in [-0.39, 0.29) is 18.9 Å². The van der Waals surface area contributed by atoms with Gasteiger partial charge in [-0.1, -0.05) is 49.6 Å². The van der Waals surface area contributed by atoms with Crippen LogP contribution in [-0.4, -0.2) is 35.9 Å². The molecule has 1 aliphatic rings. The van der Waals surface area contributed by atoms with Gasteiger partial charge in [0.25, 0.3) is 10.1 Å². The van der Waals surface area contributed by atoms with Crippen LogP contribution in [0.2, 0.25) is 0 Å². The highest BCUT2D eigenvalue weighted by Crippen LogP contribution is 2.31. The molecule has 0 amide bonds. The number of carbonyl (C=O) groups excluding carboxylic acids is 1. The van der Waals surface area contributed by atoms with Crippen molar-refractivity contribution in [2.75, 3.05) is 5.75 Å². The zero-order valence-corrected chi connectivity index (χ0v) is 15.0. The van der Waals surface area contributed by atoms with Crippen LogP contribution in [0.4, 0.5) is 0 Å². The lowest BCUT2D eigenvalue weighted by molar-refractivity contribution is -0.156. The Morgan fingerprint density at radius 3 is 2.40 bits per heavy atom. The first-order valence-electron chi connectivity index (χ1n) is 8.70. The Balaban J connectivity index is 2.02. The summed E-state index contributed by atoms with van der Waals surface area (Å²) in [4.78, 5) is 12.5. The van der Waals surface area contributed by atoms with Crippen molar-refractivity contribution in [2.45, 2.75) is 51.2 Å². The van der Waals surface area contributed by atoms with Crippen LogP contribution in [0.25, 0.3) is 0 Å². The zero-order valence-electron chi connectivity index (χ0n) is 14.2. The van der Waals surface area contributed by atoms with Gasteiger partial charge in [0.1, 0.15) is 6.61 Å². The molecule has 6 nitrogen and oxygen atoms in total. The fourth-order valence-corrected chi connectivity index (χ4v) is 3.90. The second kappa shape index (κ2) is 9.31. The molecule has 0 heterocycles. The summed E-state index contributed by atoms with van der Waals surface area (Å²) in [5.41, 5.74) is 0.816. The van der Waals surface area contributed by atoms with Crippen molar-refractivity contribution in [3.63, 3.8) is 0 Å². The van der Waals surface area contributed by atoms with Crippen molar-refractivity contribution in [3.8, 4) is 0 Å². The summed E-state index contributed by atoms with van der Waals surface area (Å²) < 4.78 is 36.4. The normalized spacial score (nSPS) is 18.5. The van der Waals surface area contributed by atoms with Crippen LogP contribution >= 0.6 is 0 Å². The average molecular weight is 370 g/mol.